The lowest BCUT2D eigenvalue weighted by molar-refractivity contribution is -0.0829. The molecule has 0 saturated carbocycles. The molecule has 0 radical (unpaired) electrons. The van der Waals surface area contributed by atoms with Crippen molar-refractivity contribution in [3.05, 3.63) is 22.4 Å². The van der Waals surface area contributed by atoms with Crippen molar-refractivity contribution >= 4 is 17.3 Å². The Kier molecular flexibility index (Phi) is 7.33. The lowest BCUT2D eigenvalue weighted by Gasteiger charge is -2.35. The summed E-state index contributed by atoms with van der Waals surface area (Å²) in [5.74, 6) is 0.951. The summed E-state index contributed by atoms with van der Waals surface area (Å²) in [6.45, 7) is 6.12. The van der Waals surface area contributed by atoms with Crippen LogP contribution in [0.5, 0.6) is 0 Å². The Morgan fingerprint density at radius 1 is 1.48 bits per heavy atom. The highest BCUT2D eigenvalue weighted by molar-refractivity contribution is 7.09. The van der Waals surface area contributed by atoms with Crippen LogP contribution in [0.25, 0.3) is 0 Å². The minimum Gasteiger partial charge on any atom is -0.381 e. The maximum absolute atomic E-state index is 5.77. The normalized spacial score (nSPS) is 18.0. The molecule has 1 fully saturated rings. The summed E-state index contributed by atoms with van der Waals surface area (Å²) in [5, 5.41) is 5.51. The molecule has 5 nitrogen and oxygen atoms in total. The van der Waals surface area contributed by atoms with Crippen molar-refractivity contribution in [2.75, 3.05) is 47.0 Å². The fraction of sp³-hybridized carbons (Fsp3) is 0.706. The summed E-state index contributed by atoms with van der Waals surface area (Å²) in [6, 6.07) is 4.29. The number of aliphatic imine (C=N–C) groups is 1. The molecule has 130 valence electrons. The molecule has 1 aliphatic heterocycles. The molecule has 1 saturated heterocycles. The Labute approximate surface area is 143 Å². The summed E-state index contributed by atoms with van der Waals surface area (Å²) in [4.78, 5) is 8.44. The molecule has 2 heterocycles. The molecule has 23 heavy (non-hydrogen) atoms. The van der Waals surface area contributed by atoms with Crippen LogP contribution in [0, 0.1) is 0 Å². The van der Waals surface area contributed by atoms with Gasteiger partial charge in [0.1, 0.15) is 0 Å². The van der Waals surface area contributed by atoms with E-state index in [2.05, 4.69) is 41.7 Å². The number of methoxy groups -OCH3 is 1. The van der Waals surface area contributed by atoms with Crippen LogP contribution in [0.3, 0.4) is 0 Å². The van der Waals surface area contributed by atoms with Gasteiger partial charge in [-0.25, -0.2) is 0 Å². The lowest BCUT2D eigenvalue weighted by Crippen LogP contribution is -2.44. The molecule has 0 aliphatic carbocycles. The zero-order valence-corrected chi connectivity index (χ0v) is 15.3. The quantitative estimate of drug-likeness (QED) is 0.612. The van der Waals surface area contributed by atoms with E-state index in [9.17, 15) is 0 Å². The van der Waals surface area contributed by atoms with Crippen molar-refractivity contribution < 1.29 is 9.47 Å². The second-order valence-electron chi connectivity index (χ2n) is 5.92. The Morgan fingerprint density at radius 3 is 2.87 bits per heavy atom. The van der Waals surface area contributed by atoms with Gasteiger partial charge in [0.25, 0.3) is 0 Å². The van der Waals surface area contributed by atoms with Gasteiger partial charge >= 0.3 is 0 Å². The number of rotatable bonds is 7. The third-order valence-corrected chi connectivity index (χ3v) is 5.26. The van der Waals surface area contributed by atoms with Crippen molar-refractivity contribution in [3.63, 3.8) is 0 Å². The Hall–Kier alpha value is -1.11. The Balaban J connectivity index is 1.94. The minimum absolute atomic E-state index is 0.173. The maximum Gasteiger partial charge on any atom is 0.193 e. The monoisotopic (exact) mass is 339 g/mol. The van der Waals surface area contributed by atoms with Crippen LogP contribution < -0.4 is 5.32 Å². The van der Waals surface area contributed by atoms with Gasteiger partial charge in [0.15, 0.2) is 5.96 Å². The van der Waals surface area contributed by atoms with Crippen molar-refractivity contribution in [1.82, 2.24) is 10.2 Å². The van der Waals surface area contributed by atoms with Crippen LogP contribution in [0.1, 0.15) is 24.6 Å². The third-order valence-electron chi connectivity index (χ3n) is 4.32. The maximum atomic E-state index is 5.77. The van der Waals surface area contributed by atoms with Crippen molar-refractivity contribution in [3.8, 4) is 0 Å². The molecule has 0 aromatic carbocycles. The zero-order valence-electron chi connectivity index (χ0n) is 14.5. The molecule has 0 bridgehead atoms. The molecule has 0 atom stereocenters. The largest absolute Gasteiger partial charge is 0.381 e. The topological polar surface area (TPSA) is 46.1 Å². The minimum atomic E-state index is -0.173. The van der Waals surface area contributed by atoms with E-state index in [4.69, 9.17) is 14.5 Å². The summed E-state index contributed by atoms with van der Waals surface area (Å²) in [7, 11) is 3.88. The highest BCUT2D eigenvalue weighted by Gasteiger charge is 2.32. The summed E-state index contributed by atoms with van der Waals surface area (Å²) in [5.41, 5.74) is -0.173. The van der Waals surface area contributed by atoms with E-state index < -0.39 is 0 Å². The average Bonchev–Trinajstić information content (AvgIpc) is 3.11. The average molecular weight is 340 g/mol. The van der Waals surface area contributed by atoms with Gasteiger partial charge in [0.2, 0.25) is 0 Å². The lowest BCUT2D eigenvalue weighted by atomic mass is 9.94. The van der Waals surface area contributed by atoms with Gasteiger partial charge < -0.3 is 19.7 Å². The van der Waals surface area contributed by atoms with Crippen LogP contribution in [0.15, 0.2) is 22.5 Å². The first-order chi connectivity index (χ1) is 11.2. The highest BCUT2D eigenvalue weighted by atomic mass is 32.1. The molecule has 0 spiro atoms. The molecule has 0 unspecified atom stereocenters. The smallest absolute Gasteiger partial charge is 0.193 e. The van der Waals surface area contributed by atoms with Gasteiger partial charge in [-0.05, 0) is 24.8 Å². The first-order valence-electron chi connectivity index (χ1n) is 8.34. The van der Waals surface area contributed by atoms with Crippen LogP contribution >= 0.6 is 11.3 Å². The van der Waals surface area contributed by atoms with E-state index in [0.717, 1.165) is 51.5 Å². The number of guanidine groups is 1. The van der Waals surface area contributed by atoms with E-state index in [1.165, 1.54) is 4.88 Å². The summed E-state index contributed by atoms with van der Waals surface area (Å²) >= 11 is 1.81. The fourth-order valence-electron chi connectivity index (χ4n) is 2.70. The van der Waals surface area contributed by atoms with Crippen LogP contribution in [-0.4, -0.2) is 63.5 Å². The fourth-order valence-corrected chi connectivity index (χ4v) is 3.40. The molecular weight excluding hydrogens is 310 g/mol. The van der Waals surface area contributed by atoms with Gasteiger partial charge in [0.05, 0.1) is 12.1 Å². The number of likely N-dealkylation sites (N-methyl/N-ethyl adjacent to an activating group) is 1. The highest BCUT2D eigenvalue weighted by Crippen LogP contribution is 2.24. The van der Waals surface area contributed by atoms with Crippen molar-refractivity contribution in [1.29, 1.82) is 0 Å². The molecular formula is C17H29N3O2S. The van der Waals surface area contributed by atoms with Gasteiger partial charge in [-0.3, -0.25) is 4.99 Å². The number of hydrogen-bond donors (Lipinski definition) is 1. The molecule has 6 heteroatoms. The molecule has 0 amide bonds. The summed E-state index contributed by atoms with van der Waals surface area (Å²) in [6.07, 6.45) is 2.86. The van der Waals surface area contributed by atoms with E-state index in [0.29, 0.717) is 6.54 Å². The second kappa shape index (κ2) is 9.25. The van der Waals surface area contributed by atoms with Gasteiger partial charge in [0, 0.05) is 58.2 Å². The summed E-state index contributed by atoms with van der Waals surface area (Å²) < 4.78 is 11.2. The van der Waals surface area contributed by atoms with E-state index in [1.54, 1.807) is 7.11 Å². The van der Waals surface area contributed by atoms with Crippen LogP contribution in [0.4, 0.5) is 0 Å². The van der Waals surface area contributed by atoms with Crippen LogP contribution in [0.2, 0.25) is 0 Å². The molecule has 1 aliphatic rings. The third kappa shape index (κ3) is 5.48. The van der Waals surface area contributed by atoms with Crippen LogP contribution in [-0.2, 0) is 15.9 Å². The SMILES string of the molecule is CCNC(=NCC1(OC)CCOCC1)N(C)CCc1cccs1. The van der Waals surface area contributed by atoms with Crippen molar-refractivity contribution in [2.24, 2.45) is 4.99 Å². The van der Waals surface area contributed by atoms with E-state index in [1.807, 2.05) is 11.3 Å². The molecule has 2 rings (SSSR count). The number of hydrogen-bond acceptors (Lipinski definition) is 4. The zero-order chi connectivity index (χ0) is 16.5. The number of nitrogens with zero attached hydrogens (tertiary/aromatic N) is 2. The van der Waals surface area contributed by atoms with Gasteiger partial charge in [-0.15, -0.1) is 11.3 Å². The molecule has 1 N–H and O–H groups in total. The van der Waals surface area contributed by atoms with Crippen molar-refractivity contribution in [2.45, 2.75) is 31.8 Å². The first-order valence-corrected chi connectivity index (χ1v) is 9.22. The number of nitrogens with one attached hydrogen (secondary N) is 1. The number of thiophene rings is 1. The standard InChI is InChI=1S/C17H29N3O2S/c1-4-18-16(20(2)10-7-15-6-5-13-23-15)19-14-17(21-3)8-11-22-12-9-17/h5-6,13H,4,7-12,14H2,1-3H3,(H,18,19). The molecule has 1 aromatic heterocycles. The van der Waals surface area contributed by atoms with E-state index in [-0.39, 0.29) is 5.60 Å². The second-order valence-corrected chi connectivity index (χ2v) is 6.95. The number of ether oxygens (including phenoxy) is 2. The van der Waals surface area contributed by atoms with E-state index >= 15 is 0 Å². The first kappa shape index (κ1) is 18.2. The predicted molar refractivity (Wildman–Crippen MR) is 96.4 cm³/mol. The Morgan fingerprint density at radius 2 is 2.26 bits per heavy atom. The molecule has 1 aromatic rings. The predicted octanol–water partition coefficient (Wildman–Crippen LogP) is 2.38. The van der Waals surface area contributed by atoms with Gasteiger partial charge in [-0.1, -0.05) is 6.07 Å². The van der Waals surface area contributed by atoms with Gasteiger partial charge in [-0.2, -0.15) is 0 Å². The Bertz CT molecular complexity index is 470.